The lowest BCUT2D eigenvalue weighted by Gasteiger charge is -2.19. The van der Waals surface area contributed by atoms with Gasteiger partial charge in [-0.3, -0.25) is 9.52 Å². The normalized spacial score (nSPS) is 12.5. The molecule has 37 heavy (non-hydrogen) atoms. The number of amides is 1. The Balaban J connectivity index is 1.27. The van der Waals surface area contributed by atoms with Crippen LogP contribution >= 0.6 is 0 Å². The van der Waals surface area contributed by atoms with Crippen molar-refractivity contribution < 1.29 is 32.2 Å². The molecule has 5 rings (SSSR count). The molecule has 1 aliphatic rings. The summed E-state index contributed by atoms with van der Waals surface area (Å²) >= 11 is 0. The molecule has 0 fully saturated rings. The highest BCUT2D eigenvalue weighted by Crippen LogP contribution is 2.33. The zero-order valence-corrected chi connectivity index (χ0v) is 20.3. The van der Waals surface area contributed by atoms with Crippen molar-refractivity contribution in [2.24, 2.45) is 0 Å². The van der Waals surface area contributed by atoms with Crippen molar-refractivity contribution in [3.05, 3.63) is 90.5 Å². The van der Waals surface area contributed by atoms with Crippen LogP contribution in [0.25, 0.3) is 10.8 Å². The van der Waals surface area contributed by atoms with Crippen molar-refractivity contribution >= 4 is 44.0 Å². The fourth-order valence-electron chi connectivity index (χ4n) is 3.87. The SMILES string of the molecule is O=C(COC(=O)c1ccccc1NS(=O)(=O)c1ccc2c(c1)OCCO2)Nc1cccc2ccccc12. The van der Waals surface area contributed by atoms with E-state index in [9.17, 15) is 18.0 Å². The van der Waals surface area contributed by atoms with Crippen molar-refractivity contribution in [3.8, 4) is 11.5 Å². The van der Waals surface area contributed by atoms with E-state index in [1.807, 2.05) is 36.4 Å². The second-order valence-electron chi connectivity index (χ2n) is 8.11. The molecule has 0 saturated heterocycles. The van der Waals surface area contributed by atoms with Gasteiger partial charge in [0.15, 0.2) is 18.1 Å². The quantitative estimate of drug-likeness (QED) is 0.352. The van der Waals surface area contributed by atoms with Gasteiger partial charge in [-0.2, -0.15) is 0 Å². The Labute approximate surface area is 213 Å². The molecule has 0 bridgehead atoms. The lowest BCUT2D eigenvalue weighted by atomic mass is 10.1. The molecular weight excluding hydrogens is 496 g/mol. The summed E-state index contributed by atoms with van der Waals surface area (Å²) in [4.78, 5) is 25.2. The van der Waals surface area contributed by atoms with E-state index in [0.717, 1.165) is 10.8 Å². The number of fused-ring (bicyclic) bond motifs is 2. The van der Waals surface area contributed by atoms with Gasteiger partial charge in [-0.1, -0.05) is 48.5 Å². The first-order chi connectivity index (χ1) is 17.9. The van der Waals surface area contributed by atoms with Crippen molar-refractivity contribution in [1.29, 1.82) is 0 Å². The van der Waals surface area contributed by atoms with E-state index in [-0.39, 0.29) is 16.1 Å². The minimum absolute atomic E-state index is 0.0110. The molecule has 0 atom stereocenters. The third-order valence-electron chi connectivity index (χ3n) is 5.61. The first-order valence-electron chi connectivity index (χ1n) is 11.4. The van der Waals surface area contributed by atoms with Crippen LogP contribution in [-0.2, 0) is 19.6 Å². The van der Waals surface area contributed by atoms with E-state index in [4.69, 9.17) is 14.2 Å². The molecule has 2 N–H and O–H groups in total. The Morgan fingerprint density at radius 3 is 2.38 bits per heavy atom. The second kappa shape index (κ2) is 10.2. The van der Waals surface area contributed by atoms with Crippen LogP contribution in [0.4, 0.5) is 11.4 Å². The van der Waals surface area contributed by atoms with Crippen LogP contribution in [0.2, 0.25) is 0 Å². The average Bonchev–Trinajstić information content (AvgIpc) is 2.92. The summed E-state index contributed by atoms with van der Waals surface area (Å²) in [5.41, 5.74) is 0.560. The summed E-state index contributed by atoms with van der Waals surface area (Å²) < 4.78 is 44.5. The number of ether oxygens (including phenoxy) is 3. The van der Waals surface area contributed by atoms with E-state index in [0.29, 0.717) is 30.4 Å². The third-order valence-corrected chi connectivity index (χ3v) is 6.98. The molecule has 0 radical (unpaired) electrons. The van der Waals surface area contributed by atoms with Gasteiger partial charge < -0.3 is 19.5 Å². The molecule has 4 aromatic carbocycles. The van der Waals surface area contributed by atoms with E-state index < -0.39 is 28.5 Å². The lowest BCUT2D eigenvalue weighted by Crippen LogP contribution is -2.22. The molecule has 1 aliphatic heterocycles. The predicted molar refractivity (Wildman–Crippen MR) is 138 cm³/mol. The van der Waals surface area contributed by atoms with Crippen LogP contribution in [0.15, 0.2) is 89.8 Å². The fraction of sp³-hybridized carbons (Fsp3) is 0.111. The summed E-state index contributed by atoms with van der Waals surface area (Å²) in [6, 6.07) is 23.3. The van der Waals surface area contributed by atoms with Crippen LogP contribution in [0.3, 0.4) is 0 Å². The molecule has 10 heteroatoms. The number of sulfonamides is 1. The third kappa shape index (κ3) is 5.34. The second-order valence-corrected chi connectivity index (χ2v) is 9.79. The number of carbonyl (C=O) groups is 2. The van der Waals surface area contributed by atoms with Crippen molar-refractivity contribution in [2.75, 3.05) is 29.9 Å². The van der Waals surface area contributed by atoms with Crippen LogP contribution in [0, 0.1) is 0 Å². The highest BCUT2D eigenvalue weighted by atomic mass is 32.2. The number of hydrogen-bond acceptors (Lipinski definition) is 7. The van der Waals surface area contributed by atoms with Gasteiger partial charge in [0.1, 0.15) is 13.2 Å². The number of esters is 1. The van der Waals surface area contributed by atoms with Gasteiger partial charge in [0.05, 0.1) is 16.1 Å². The Kier molecular flexibility index (Phi) is 6.65. The van der Waals surface area contributed by atoms with E-state index in [1.54, 1.807) is 18.2 Å². The Morgan fingerprint density at radius 1 is 0.811 bits per heavy atom. The predicted octanol–water partition coefficient (Wildman–Crippen LogP) is 4.21. The number of nitrogens with one attached hydrogen (secondary N) is 2. The Hall–Kier alpha value is -4.57. The summed E-state index contributed by atoms with van der Waals surface area (Å²) in [7, 11) is -4.07. The molecule has 4 aromatic rings. The van der Waals surface area contributed by atoms with E-state index in [2.05, 4.69) is 10.0 Å². The largest absolute Gasteiger partial charge is 0.486 e. The topological polar surface area (TPSA) is 120 Å². The smallest absolute Gasteiger partial charge is 0.340 e. The molecule has 0 aromatic heterocycles. The number of carbonyl (C=O) groups excluding carboxylic acids is 2. The summed E-state index contributed by atoms with van der Waals surface area (Å²) in [5, 5.41) is 4.55. The first-order valence-corrected chi connectivity index (χ1v) is 12.9. The minimum Gasteiger partial charge on any atom is -0.486 e. The number of benzene rings is 4. The zero-order chi connectivity index (χ0) is 25.8. The van der Waals surface area contributed by atoms with E-state index in [1.165, 1.54) is 30.3 Å². The number of anilines is 2. The lowest BCUT2D eigenvalue weighted by molar-refractivity contribution is -0.119. The maximum absolute atomic E-state index is 13.0. The van der Waals surface area contributed by atoms with Gasteiger partial charge in [-0.25, -0.2) is 13.2 Å². The molecule has 0 spiro atoms. The molecule has 0 unspecified atom stereocenters. The molecular formula is C27H22N2O7S. The summed E-state index contributed by atoms with van der Waals surface area (Å²) in [6.07, 6.45) is 0. The number of hydrogen-bond donors (Lipinski definition) is 2. The molecule has 188 valence electrons. The summed E-state index contributed by atoms with van der Waals surface area (Å²) in [5.74, 6) is -0.609. The molecule has 1 amide bonds. The first kappa shape index (κ1) is 24.1. The molecule has 0 aliphatic carbocycles. The standard InChI is InChI=1S/C27H22N2O7S/c30-26(28-22-11-5-7-18-6-1-2-8-20(18)22)17-36-27(31)21-9-3-4-10-23(21)29-37(32,33)19-12-13-24-25(16-19)35-15-14-34-24/h1-13,16,29H,14-15,17H2,(H,28,30). The van der Waals surface area contributed by atoms with E-state index >= 15 is 0 Å². The number of para-hydroxylation sites is 1. The van der Waals surface area contributed by atoms with Gasteiger partial charge in [0.25, 0.3) is 15.9 Å². The van der Waals surface area contributed by atoms with Crippen LogP contribution in [-0.4, -0.2) is 40.1 Å². The number of rotatable bonds is 7. The van der Waals surface area contributed by atoms with Gasteiger partial charge in [0.2, 0.25) is 0 Å². The molecule has 1 heterocycles. The van der Waals surface area contributed by atoms with Crippen LogP contribution < -0.4 is 19.5 Å². The van der Waals surface area contributed by atoms with Gasteiger partial charge in [-0.15, -0.1) is 0 Å². The highest BCUT2D eigenvalue weighted by molar-refractivity contribution is 7.92. The van der Waals surface area contributed by atoms with Crippen molar-refractivity contribution in [3.63, 3.8) is 0 Å². The van der Waals surface area contributed by atoms with Gasteiger partial charge in [-0.05, 0) is 35.7 Å². The minimum atomic E-state index is -4.07. The van der Waals surface area contributed by atoms with Gasteiger partial charge in [0, 0.05) is 17.1 Å². The van der Waals surface area contributed by atoms with Gasteiger partial charge >= 0.3 is 5.97 Å². The van der Waals surface area contributed by atoms with Crippen LogP contribution in [0.5, 0.6) is 11.5 Å². The maximum atomic E-state index is 13.0. The Bertz CT molecular complexity index is 1600. The fourth-order valence-corrected chi connectivity index (χ4v) is 4.97. The molecule has 0 saturated carbocycles. The van der Waals surface area contributed by atoms with Crippen molar-refractivity contribution in [1.82, 2.24) is 0 Å². The monoisotopic (exact) mass is 518 g/mol. The summed E-state index contributed by atoms with van der Waals surface area (Å²) in [6.45, 7) is 0.144. The highest BCUT2D eigenvalue weighted by Gasteiger charge is 2.22. The van der Waals surface area contributed by atoms with Crippen molar-refractivity contribution in [2.45, 2.75) is 4.90 Å². The average molecular weight is 519 g/mol. The maximum Gasteiger partial charge on any atom is 0.340 e. The zero-order valence-electron chi connectivity index (χ0n) is 19.5. The van der Waals surface area contributed by atoms with Crippen LogP contribution in [0.1, 0.15) is 10.4 Å². The Morgan fingerprint density at radius 2 is 1.51 bits per heavy atom. The molecule has 9 nitrogen and oxygen atoms in total.